The molecule has 106 valence electrons. The zero-order valence-corrected chi connectivity index (χ0v) is 12.2. The highest BCUT2D eigenvalue weighted by molar-refractivity contribution is 5.62. The Morgan fingerprint density at radius 1 is 1.00 bits per heavy atom. The van der Waals surface area contributed by atoms with Crippen LogP contribution >= 0.6 is 0 Å². The fourth-order valence-corrected chi connectivity index (χ4v) is 2.74. The molecule has 0 radical (unpaired) electrons. The highest BCUT2D eigenvalue weighted by Crippen LogP contribution is 2.40. The van der Waals surface area contributed by atoms with Crippen LogP contribution in [0.25, 0.3) is 0 Å². The first kappa shape index (κ1) is 13.8. The van der Waals surface area contributed by atoms with E-state index in [2.05, 4.69) is 12.2 Å². The van der Waals surface area contributed by atoms with Crippen LogP contribution in [0.1, 0.15) is 26.2 Å². The van der Waals surface area contributed by atoms with E-state index >= 15 is 0 Å². The maximum absolute atomic E-state index is 5.36. The van der Waals surface area contributed by atoms with Crippen LogP contribution < -0.4 is 19.5 Å². The van der Waals surface area contributed by atoms with E-state index in [1.165, 1.54) is 19.3 Å². The summed E-state index contributed by atoms with van der Waals surface area (Å²) in [5.41, 5.74) is 1.02. The second kappa shape index (κ2) is 6.04. The van der Waals surface area contributed by atoms with Gasteiger partial charge in [-0.05, 0) is 25.2 Å². The van der Waals surface area contributed by atoms with Gasteiger partial charge in [0.1, 0.15) is 0 Å². The smallest absolute Gasteiger partial charge is 0.203 e. The van der Waals surface area contributed by atoms with Gasteiger partial charge in [0.2, 0.25) is 5.75 Å². The van der Waals surface area contributed by atoms with Gasteiger partial charge in [-0.1, -0.05) is 6.92 Å². The molecular weight excluding hydrogens is 242 g/mol. The molecule has 0 amide bonds. The summed E-state index contributed by atoms with van der Waals surface area (Å²) in [4.78, 5) is 0. The Morgan fingerprint density at radius 2 is 1.63 bits per heavy atom. The molecule has 1 aromatic carbocycles. The molecule has 1 aliphatic rings. The number of hydrogen-bond acceptors (Lipinski definition) is 4. The molecule has 0 aliphatic heterocycles. The third-order valence-corrected chi connectivity index (χ3v) is 3.73. The van der Waals surface area contributed by atoms with Gasteiger partial charge >= 0.3 is 0 Å². The summed E-state index contributed by atoms with van der Waals surface area (Å²) in [6.45, 7) is 2.30. The van der Waals surface area contributed by atoms with E-state index in [-0.39, 0.29) is 0 Å². The van der Waals surface area contributed by atoms with Crippen LogP contribution in [0.2, 0.25) is 0 Å². The minimum atomic E-state index is 0.540. The van der Waals surface area contributed by atoms with Crippen LogP contribution in [0.5, 0.6) is 17.2 Å². The number of benzene rings is 1. The molecule has 4 heteroatoms. The number of rotatable bonds is 5. The Morgan fingerprint density at radius 3 is 2.05 bits per heavy atom. The van der Waals surface area contributed by atoms with Crippen molar-refractivity contribution < 1.29 is 14.2 Å². The number of hydrogen-bond donors (Lipinski definition) is 1. The highest BCUT2D eigenvalue weighted by Gasteiger charge is 2.22. The topological polar surface area (TPSA) is 39.7 Å². The Hall–Kier alpha value is -1.58. The average Bonchev–Trinajstić information content (AvgIpc) is 2.82. The van der Waals surface area contributed by atoms with Crippen LogP contribution in [-0.2, 0) is 0 Å². The Kier molecular flexibility index (Phi) is 4.40. The van der Waals surface area contributed by atoms with Gasteiger partial charge in [-0.25, -0.2) is 0 Å². The Bertz CT molecular complexity index is 408. The number of anilines is 1. The first-order valence-electron chi connectivity index (χ1n) is 6.74. The molecule has 1 saturated carbocycles. The molecule has 1 fully saturated rings. The van der Waals surface area contributed by atoms with Crippen LogP contribution in [0.4, 0.5) is 5.69 Å². The fourth-order valence-electron chi connectivity index (χ4n) is 2.74. The average molecular weight is 265 g/mol. The van der Waals surface area contributed by atoms with E-state index in [1.54, 1.807) is 21.3 Å². The summed E-state index contributed by atoms with van der Waals surface area (Å²) in [5.74, 6) is 2.82. The standard InChI is InChI=1S/C15H23NO3/c1-10-5-6-11(7-10)16-12-8-13(17-2)15(19-4)14(9-12)18-3/h8-11,16H,5-7H2,1-4H3. The van der Waals surface area contributed by atoms with Crippen molar-refractivity contribution in [3.05, 3.63) is 12.1 Å². The van der Waals surface area contributed by atoms with Crippen molar-refractivity contribution in [2.24, 2.45) is 5.92 Å². The van der Waals surface area contributed by atoms with E-state index in [1.807, 2.05) is 12.1 Å². The summed E-state index contributed by atoms with van der Waals surface area (Å²) >= 11 is 0. The summed E-state index contributed by atoms with van der Waals surface area (Å²) in [7, 11) is 4.89. The van der Waals surface area contributed by atoms with Gasteiger partial charge in [0.15, 0.2) is 11.5 Å². The molecule has 4 nitrogen and oxygen atoms in total. The second-order valence-corrected chi connectivity index (χ2v) is 5.17. The summed E-state index contributed by atoms with van der Waals surface area (Å²) in [6.07, 6.45) is 3.73. The van der Waals surface area contributed by atoms with Gasteiger partial charge in [0.25, 0.3) is 0 Å². The number of methoxy groups -OCH3 is 3. The van der Waals surface area contributed by atoms with Gasteiger partial charge in [-0.15, -0.1) is 0 Å². The third kappa shape index (κ3) is 3.06. The van der Waals surface area contributed by atoms with Crippen molar-refractivity contribution in [3.8, 4) is 17.2 Å². The molecule has 0 spiro atoms. The molecule has 0 heterocycles. The predicted molar refractivity (Wildman–Crippen MR) is 76.5 cm³/mol. The molecule has 2 atom stereocenters. The lowest BCUT2D eigenvalue weighted by molar-refractivity contribution is 0.324. The lowest BCUT2D eigenvalue weighted by Crippen LogP contribution is -2.15. The first-order valence-corrected chi connectivity index (χ1v) is 6.74. The lowest BCUT2D eigenvalue weighted by atomic mass is 10.1. The Labute approximate surface area is 115 Å². The summed E-state index contributed by atoms with van der Waals surface area (Å²) in [6, 6.07) is 4.46. The van der Waals surface area contributed by atoms with Gasteiger partial charge < -0.3 is 19.5 Å². The van der Waals surface area contributed by atoms with Gasteiger partial charge in [-0.2, -0.15) is 0 Å². The summed E-state index contributed by atoms with van der Waals surface area (Å²) < 4.78 is 16.0. The maximum Gasteiger partial charge on any atom is 0.203 e. The zero-order chi connectivity index (χ0) is 13.8. The largest absolute Gasteiger partial charge is 0.493 e. The van der Waals surface area contributed by atoms with E-state index in [0.29, 0.717) is 23.3 Å². The van der Waals surface area contributed by atoms with E-state index < -0.39 is 0 Å². The molecule has 2 rings (SSSR count). The van der Waals surface area contributed by atoms with E-state index in [9.17, 15) is 0 Å². The molecule has 2 unspecified atom stereocenters. The van der Waals surface area contributed by atoms with Crippen LogP contribution in [0.15, 0.2) is 12.1 Å². The molecule has 1 aromatic rings. The fraction of sp³-hybridized carbons (Fsp3) is 0.600. The monoisotopic (exact) mass is 265 g/mol. The van der Waals surface area contributed by atoms with Gasteiger partial charge in [0, 0.05) is 23.9 Å². The van der Waals surface area contributed by atoms with E-state index in [0.717, 1.165) is 11.6 Å². The molecule has 19 heavy (non-hydrogen) atoms. The van der Waals surface area contributed by atoms with Crippen LogP contribution in [0.3, 0.4) is 0 Å². The quantitative estimate of drug-likeness (QED) is 0.886. The van der Waals surface area contributed by atoms with Crippen molar-refractivity contribution in [2.75, 3.05) is 26.6 Å². The van der Waals surface area contributed by atoms with Crippen molar-refractivity contribution in [3.63, 3.8) is 0 Å². The second-order valence-electron chi connectivity index (χ2n) is 5.17. The number of ether oxygens (including phenoxy) is 3. The van der Waals surface area contributed by atoms with Crippen molar-refractivity contribution in [1.29, 1.82) is 0 Å². The Balaban J connectivity index is 2.21. The minimum Gasteiger partial charge on any atom is -0.493 e. The molecule has 0 saturated heterocycles. The molecule has 0 aromatic heterocycles. The van der Waals surface area contributed by atoms with E-state index in [4.69, 9.17) is 14.2 Å². The summed E-state index contributed by atoms with van der Waals surface area (Å²) in [5, 5.41) is 3.56. The van der Waals surface area contributed by atoms with Crippen LogP contribution in [-0.4, -0.2) is 27.4 Å². The maximum atomic E-state index is 5.36. The van der Waals surface area contributed by atoms with Crippen molar-refractivity contribution in [2.45, 2.75) is 32.2 Å². The normalized spacial score (nSPS) is 22.1. The molecular formula is C15H23NO3. The molecule has 0 bridgehead atoms. The minimum absolute atomic E-state index is 0.540. The van der Waals surface area contributed by atoms with Crippen molar-refractivity contribution in [1.82, 2.24) is 0 Å². The molecule has 1 aliphatic carbocycles. The SMILES string of the molecule is COc1cc(NC2CCC(C)C2)cc(OC)c1OC. The molecule has 1 N–H and O–H groups in total. The lowest BCUT2D eigenvalue weighted by Gasteiger charge is -2.18. The number of nitrogens with one attached hydrogen (secondary N) is 1. The third-order valence-electron chi connectivity index (χ3n) is 3.73. The highest BCUT2D eigenvalue weighted by atomic mass is 16.5. The van der Waals surface area contributed by atoms with Crippen LogP contribution in [0, 0.1) is 5.92 Å². The van der Waals surface area contributed by atoms with Gasteiger partial charge in [0.05, 0.1) is 21.3 Å². The predicted octanol–water partition coefficient (Wildman–Crippen LogP) is 3.31. The zero-order valence-electron chi connectivity index (χ0n) is 12.2. The van der Waals surface area contributed by atoms with Crippen molar-refractivity contribution >= 4 is 5.69 Å². The first-order chi connectivity index (χ1) is 9.17. The van der Waals surface area contributed by atoms with Gasteiger partial charge in [-0.3, -0.25) is 0 Å².